The fourth-order valence-corrected chi connectivity index (χ4v) is 2.26. The van der Waals surface area contributed by atoms with Gasteiger partial charge in [-0.15, -0.1) is 0 Å². The number of benzene rings is 1. The molecule has 0 radical (unpaired) electrons. The first-order chi connectivity index (χ1) is 10.2. The highest BCUT2D eigenvalue weighted by molar-refractivity contribution is 5.95. The predicted octanol–water partition coefficient (Wildman–Crippen LogP) is 2.07. The van der Waals surface area contributed by atoms with Crippen molar-refractivity contribution in [3.8, 4) is 5.69 Å². The molecule has 2 aromatic rings. The minimum atomic E-state index is -0.144. The maximum atomic E-state index is 12.3. The van der Waals surface area contributed by atoms with Gasteiger partial charge < -0.3 is 10.4 Å². The molecule has 0 bridgehead atoms. The van der Waals surface area contributed by atoms with Gasteiger partial charge in [0.15, 0.2) is 0 Å². The third-order valence-corrected chi connectivity index (χ3v) is 3.56. The lowest BCUT2D eigenvalue weighted by molar-refractivity contribution is 0.0928. The molecule has 0 aliphatic rings. The van der Waals surface area contributed by atoms with Crippen LogP contribution in [0.15, 0.2) is 36.5 Å². The molecule has 5 heteroatoms. The van der Waals surface area contributed by atoms with Crippen LogP contribution in [0.5, 0.6) is 0 Å². The average molecular weight is 287 g/mol. The number of nitrogens with one attached hydrogen (secondary N) is 1. The molecular weight excluding hydrogens is 266 g/mol. The molecule has 0 saturated heterocycles. The van der Waals surface area contributed by atoms with Crippen LogP contribution in [-0.4, -0.2) is 33.4 Å². The fourth-order valence-electron chi connectivity index (χ4n) is 2.26. The maximum Gasteiger partial charge on any atom is 0.254 e. The third kappa shape index (κ3) is 3.49. The summed E-state index contributed by atoms with van der Waals surface area (Å²) in [7, 11) is 0. The van der Waals surface area contributed by atoms with Crippen LogP contribution in [0.25, 0.3) is 5.69 Å². The largest absolute Gasteiger partial charge is 0.396 e. The Hall–Kier alpha value is -2.14. The van der Waals surface area contributed by atoms with Gasteiger partial charge in [0.1, 0.15) is 0 Å². The summed E-state index contributed by atoms with van der Waals surface area (Å²) in [5, 5.41) is 16.2. The summed E-state index contributed by atoms with van der Waals surface area (Å²) in [6.45, 7) is 3.93. The van der Waals surface area contributed by atoms with Gasteiger partial charge in [0.05, 0.1) is 23.1 Å². The van der Waals surface area contributed by atoms with Crippen LogP contribution in [0.3, 0.4) is 0 Å². The van der Waals surface area contributed by atoms with Gasteiger partial charge in [-0.25, -0.2) is 4.68 Å². The zero-order valence-corrected chi connectivity index (χ0v) is 12.4. The van der Waals surface area contributed by atoms with Crippen molar-refractivity contribution in [2.45, 2.75) is 32.7 Å². The average Bonchev–Trinajstić information content (AvgIpc) is 2.89. The minimum absolute atomic E-state index is 0.0121. The fraction of sp³-hybridized carbons (Fsp3) is 0.375. The van der Waals surface area contributed by atoms with Crippen molar-refractivity contribution in [2.75, 3.05) is 6.61 Å². The minimum Gasteiger partial charge on any atom is -0.396 e. The van der Waals surface area contributed by atoms with E-state index in [1.807, 2.05) is 44.2 Å². The summed E-state index contributed by atoms with van der Waals surface area (Å²) in [6, 6.07) is 9.69. The normalized spacial score (nSPS) is 12.1. The van der Waals surface area contributed by atoms with Gasteiger partial charge in [-0.1, -0.05) is 25.1 Å². The quantitative estimate of drug-likeness (QED) is 0.854. The summed E-state index contributed by atoms with van der Waals surface area (Å²) in [6.07, 6.45) is 2.94. The van der Waals surface area contributed by atoms with Crippen molar-refractivity contribution in [3.63, 3.8) is 0 Å². The highest BCUT2D eigenvalue weighted by atomic mass is 16.3. The number of nitrogens with zero attached hydrogens (tertiary/aromatic N) is 2. The molecule has 0 saturated carbocycles. The summed E-state index contributed by atoms with van der Waals surface area (Å²) in [5.74, 6) is -0.144. The van der Waals surface area contributed by atoms with E-state index in [2.05, 4.69) is 10.4 Å². The molecule has 112 valence electrons. The molecule has 1 atom stereocenters. The SMILES string of the molecule is CCC(CCO)NC(=O)c1cnn(-c2ccccc2)c1C. The predicted molar refractivity (Wildman–Crippen MR) is 81.5 cm³/mol. The number of hydrogen-bond acceptors (Lipinski definition) is 3. The first-order valence-electron chi connectivity index (χ1n) is 7.19. The Bertz CT molecular complexity index is 593. The summed E-state index contributed by atoms with van der Waals surface area (Å²) < 4.78 is 1.75. The number of hydrogen-bond donors (Lipinski definition) is 2. The van der Waals surface area contributed by atoms with E-state index in [0.717, 1.165) is 17.8 Å². The monoisotopic (exact) mass is 287 g/mol. The van der Waals surface area contributed by atoms with Gasteiger partial charge in [-0.05, 0) is 31.9 Å². The Balaban J connectivity index is 2.18. The molecule has 1 aromatic carbocycles. The number of carbonyl (C=O) groups excluding carboxylic acids is 1. The van der Waals surface area contributed by atoms with Crippen molar-refractivity contribution in [1.29, 1.82) is 0 Å². The topological polar surface area (TPSA) is 67.2 Å². The summed E-state index contributed by atoms with van der Waals surface area (Å²) >= 11 is 0. The second-order valence-electron chi connectivity index (χ2n) is 4.98. The zero-order chi connectivity index (χ0) is 15.2. The molecule has 1 aromatic heterocycles. The van der Waals surface area contributed by atoms with Crippen molar-refractivity contribution in [3.05, 3.63) is 47.8 Å². The molecule has 0 spiro atoms. The number of carbonyl (C=O) groups is 1. The Morgan fingerprint density at radius 3 is 2.71 bits per heavy atom. The van der Waals surface area contributed by atoms with E-state index < -0.39 is 0 Å². The molecule has 1 unspecified atom stereocenters. The van der Waals surface area contributed by atoms with Crippen molar-refractivity contribution < 1.29 is 9.90 Å². The number of aliphatic hydroxyl groups excluding tert-OH is 1. The van der Waals surface area contributed by atoms with Crippen LogP contribution in [0.1, 0.15) is 35.8 Å². The molecule has 0 aliphatic carbocycles. The van der Waals surface area contributed by atoms with E-state index in [1.54, 1.807) is 10.9 Å². The van der Waals surface area contributed by atoms with E-state index in [0.29, 0.717) is 12.0 Å². The van der Waals surface area contributed by atoms with Crippen LogP contribution >= 0.6 is 0 Å². The highest BCUT2D eigenvalue weighted by Crippen LogP contribution is 2.14. The van der Waals surface area contributed by atoms with E-state index in [-0.39, 0.29) is 18.6 Å². The van der Waals surface area contributed by atoms with E-state index in [9.17, 15) is 4.79 Å². The molecule has 1 heterocycles. The van der Waals surface area contributed by atoms with Crippen LogP contribution < -0.4 is 5.32 Å². The molecule has 0 aliphatic heterocycles. The Morgan fingerprint density at radius 1 is 1.38 bits per heavy atom. The van der Waals surface area contributed by atoms with E-state index in [4.69, 9.17) is 5.11 Å². The van der Waals surface area contributed by atoms with Crippen LogP contribution in [0, 0.1) is 6.92 Å². The van der Waals surface area contributed by atoms with Crippen molar-refractivity contribution in [2.24, 2.45) is 0 Å². The standard InChI is InChI=1S/C16H21N3O2/c1-3-13(9-10-20)18-16(21)15-11-17-19(12(15)2)14-7-5-4-6-8-14/h4-8,11,13,20H,3,9-10H2,1-2H3,(H,18,21). The molecule has 5 nitrogen and oxygen atoms in total. The van der Waals surface area contributed by atoms with E-state index in [1.165, 1.54) is 0 Å². The zero-order valence-electron chi connectivity index (χ0n) is 12.4. The highest BCUT2D eigenvalue weighted by Gasteiger charge is 2.17. The molecule has 2 N–H and O–H groups in total. The number of rotatable bonds is 6. The number of aromatic nitrogens is 2. The first-order valence-corrected chi connectivity index (χ1v) is 7.19. The lowest BCUT2D eigenvalue weighted by Crippen LogP contribution is -2.35. The van der Waals surface area contributed by atoms with Crippen LogP contribution in [0.2, 0.25) is 0 Å². The second kappa shape index (κ2) is 7.04. The molecule has 1 amide bonds. The number of amides is 1. The molecule has 2 rings (SSSR count). The van der Waals surface area contributed by atoms with E-state index >= 15 is 0 Å². The smallest absolute Gasteiger partial charge is 0.254 e. The lowest BCUT2D eigenvalue weighted by Gasteiger charge is -2.15. The first kappa shape index (κ1) is 15.3. The van der Waals surface area contributed by atoms with Crippen molar-refractivity contribution >= 4 is 5.91 Å². The number of aliphatic hydroxyl groups is 1. The Labute approximate surface area is 124 Å². The van der Waals surface area contributed by atoms with Crippen LogP contribution in [0.4, 0.5) is 0 Å². The molecular formula is C16H21N3O2. The van der Waals surface area contributed by atoms with Gasteiger partial charge in [0.25, 0.3) is 5.91 Å². The van der Waals surface area contributed by atoms with Gasteiger partial charge in [-0.2, -0.15) is 5.10 Å². The molecule has 21 heavy (non-hydrogen) atoms. The summed E-state index contributed by atoms with van der Waals surface area (Å²) in [4.78, 5) is 12.3. The van der Waals surface area contributed by atoms with Gasteiger partial charge in [0.2, 0.25) is 0 Å². The lowest BCUT2D eigenvalue weighted by atomic mass is 10.1. The van der Waals surface area contributed by atoms with Gasteiger partial charge in [-0.3, -0.25) is 4.79 Å². The Morgan fingerprint density at radius 2 is 2.10 bits per heavy atom. The summed E-state index contributed by atoms with van der Waals surface area (Å²) in [5.41, 5.74) is 2.30. The second-order valence-corrected chi connectivity index (χ2v) is 4.98. The van der Waals surface area contributed by atoms with Crippen molar-refractivity contribution in [1.82, 2.24) is 15.1 Å². The maximum absolute atomic E-state index is 12.3. The van der Waals surface area contributed by atoms with Crippen LogP contribution in [-0.2, 0) is 0 Å². The Kier molecular flexibility index (Phi) is 5.11. The number of para-hydroxylation sites is 1. The van der Waals surface area contributed by atoms with Gasteiger partial charge >= 0.3 is 0 Å². The third-order valence-electron chi connectivity index (χ3n) is 3.56. The molecule has 0 fully saturated rings. The van der Waals surface area contributed by atoms with Gasteiger partial charge in [0, 0.05) is 12.6 Å².